The highest BCUT2D eigenvalue weighted by molar-refractivity contribution is 6.30. The lowest BCUT2D eigenvalue weighted by atomic mass is 9.65. The molecule has 1 aromatic carbocycles. The van der Waals surface area contributed by atoms with Gasteiger partial charge in [-0.2, -0.15) is 0 Å². The van der Waals surface area contributed by atoms with E-state index in [1.165, 1.54) is 0 Å². The molecule has 15 heavy (non-hydrogen) atoms. The summed E-state index contributed by atoms with van der Waals surface area (Å²) in [5, 5.41) is 9.87. The Morgan fingerprint density at radius 3 is 2.33 bits per heavy atom. The van der Waals surface area contributed by atoms with E-state index in [-0.39, 0.29) is 0 Å². The normalized spacial score (nSPS) is 18.2. The molecule has 0 amide bonds. The summed E-state index contributed by atoms with van der Waals surface area (Å²) >= 11 is 5.78. The van der Waals surface area contributed by atoms with Crippen LogP contribution >= 0.6 is 11.6 Å². The number of carboxylic acid groups (broad SMARTS) is 1. The van der Waals surface area contributed by atoms with Gasteiger partial charge in [-0.1, -0.05) is 30.2 Å². The molecule has 2 nitrogen and oxygen atoms in total. The van der Waals surface area contributed by atoms with Gasteiger partial charge in [0.05, 0.1) is 5.41 Å². The summed E-state index contributed by atoms with van der Waals surface area (Å²) in [6.45, 7) is 0. The predicted octanol–water partition coefficient (Wildman–Crippen LogP) is 3.14. The third-order valence-corrected chi connectivity index (χ3v) is 3.47. The first kappa shape index (κ1) is 10.5. The summed E-state index contributed by atoms with van der Waals surface area (Å²) in [7, 11) is 0. The van der Waals surface area contributed by atoms with Crippen LogP contribution in [0.1, 0.15) is 24.8 Å². The van der Waals surface area contributed by atoms with Gasteiger partial charge in [-0.05, 0) is 37.0 Å². The van der Waals surface area contributed by atoms with Crippen molar-refractivity contribution in [1.82, 2.24) is 0 Å². The maximum atomic E-state index is 11.1. The summed E-state index contributed by atoms with van der Waals surface area (Å²) in [6.07, 6.45) is 3.25. The first-order chi connectivity index (χ1) is 7.12. The van der Waals surface area contributed by atoms with Crippen LogP contribution in [0.4, 0.5) is 0 Å². The van der Waals surface area contributed by atoms with Gasteiger partial charge in [0.2, 0.25) is 0 Å². The lowest BCUT2D eigenvalue weighted by molar-refractivity contribution is -0.154. The molecule has 0 bridgehead atoms. The van der Waals surface area contributed by atoms with Crippen LogP contribution in [0.15, 0.2) is 24.3 Å². The van der Waals surface area contributed by atoms with E-state index in [1.54, 1.807) is 0 Å². The van der Waals surface area contributed by atoms with Gasteiger partial charge in [0.1, 0.15) is 0 Å². The maximum absolute atomic E-state index is 11.1. The van der Waals surface area contributed by atoms with E-state index in [2.05, 4.69) is 0 Å². The zero-order chi connectivity index (χ0) is 10.9. The van der Waals surface area contributed by atoms with Crippen LogP contribution in [0.5, 0.6) is 0 Å². The molecule has 1 aliphatic carbocycles. The van der Waals surface area contributed by atoms with E-state index in [9.17, 15) is 9.90 Å². The minimum absolute atomic E-state index is 0.506. The average molecular weight is 225 g/mol. The van der Waals surface area contributed by atoms with Crippen molar-refractivity contribution < 1.29 is 9.90 Å². The SMILES string of the molecule is O=C(O)C1(Cc2ccc(Cl)cc2)CCC1. The molecule has 0 aliphatic heterocycles. The number of hydrogen-bond acceptors (Lipinski definition) is 1. The van der Waals surface area contributed by atoms with Gasteiger partial charge in [-0.15, -0.1) is 0 Å². The molecule has 1 aliphatic rings. The monoisotopic (exact) mass is 224 g/mol. The average Bonchev–Trinajstić information content (AvgIpc) is 2.13. The second-order valence-corrected chi connectivity index (χ2v) is 4.68. The highest BCUT2D eigenvalue weighted by Gasteiger charge is 2.44. The van der Waals surface area contributed by atoms with Gasteiger partial charge in [0.15, 0.2) is 0 Å². The van der Waals surface area contributed by atoms with Gasteiger partial charge >= 0.3 is 5.97 Å². The lowest BCUT2D eigenvalue weighted by Crippen LogP contribution is -2.39. The molecule has 1 fully saturated rings. The Bertz CT molecular complexity index is 366. The van der Waals surface area contributed by atoms with Crippen molar-refractivity contribution in [2.45, 2.75) is 25.7 Å². The highest BCUT2D eigenvalue weighted by atomic mass is 35.5. The molecule has 1 saturated carbocycles. The summed E-state index contributed by atoms with van der Waals surface area (Å²) in [5.41, 5.74) is 0.551. The molecule has 0 spiro atoms. The Labute approximate surface area is 93.9 Å². The van der Waals surface area contributed by atoms with E-state index >= 15 is 0 Å². The van der Waals surface area contributed by atoms with Crippen molar-refractivity contribution in [1.29, 1.82) is 0 Å². The van der Waals surface area contributed by atoms with Crippen molar-refractivity contribution in [2.75, 3.05) is 0 Å². The predicted molar refractivity (Wildman–Crippen MR) is 59.1 cm³/mol. The van der Waals surface area contributed by atoms with Crippen molar-refractivity contribution in [2.24, 2.45) is 5.41 Å². The third kappa shape index (κ3) is 2.00. The van der Waals surface area contributed by atoms with Gasteiger partial charge < -0.3 is 5.11 Å². The van der Waals surface area contributed by atoms with Crippen LogP contribution in [0.2, 0.25) is 5.02 Å². The van der Waals surface area contributed by atoms with E-state index < -0.39 is 11.4 Å². The summed E-state index contributed by atoms with van der Waals surface area (Å²) in [6, 6.07) is 7.44. The van der Waals surface area contributed by atoms with Crippen LogP contribution in [-0.4, -0.2) is 11.1 Å². The molecule has 80 valence electrons. The van der Waals surface area contributed by atoms with Gasteiger partial charge in [-0.3, -0.25) is 4.79 Å². The summed E-state index contributed by atoms with van der Waals surface area (Å²) in [5.74, 6) is -0.663. The Morgan fingerprint density at radius 1 is 1.33 bits per heavy atom. The number of benzene rings is 1. The quantitative estimate of drug-likeness (QED) is 0.857. The Kier molecular flexibility index (Phi) is 2.70. The molecule has 0 radical (unpaired) electrons. The zero-order valence-electron chi connectivity index (χ0n) is 8.37. The van der Waals surface area contributed by atoms with E-state index in [1.807, 2.05) is 24.3 Å². The second-order valence-electron chi connectivity index (χ2n) is 4.24. The fourth-order valence-electron chi connectivity index (χ4n) is 2.06. The third-order valence-electron chi connectivity index (χ3n) is 3.22. The standard InChI is InChI=1S/C12H13ClO2/c13-10-4-2-9(3-5-10)8-12(11(14)15)6-1-7-12/h2-5H,1,6-8H2,(H,14,15). The molecule has 0 heterocycles. The smallest absolute Gasteiger partial charge is 0.309 e. The van der Waals surface area contributed by atoms with Gasteiger partial charge in [0.25, 0.3) is 0 Å². The molecule has 1 aromatic rings. The minimum atomic E-state index is -0.663. The van der Waals surface area contributed by atoms with Crippen LogP contribution in [0.3, 0.4) is 0 Å². The molecule has 0 saturated heterocycles. The van der Waals surface area contributed by atoms with Crippen molar-refractivity contribution >= 4 is 17.6 Å². The van der Waals surface area contributed by atoms with E-state index in [0.717, 1.165) is 24.8 Å². The fourth-order valence-corrected chi connectivity index (χ4v) is 2.19. The zero-order valence-corrected chi connectivity index (χ0v) is 9.13. The highest BCUT2D eigenvalue weighted by Crippen LogP contribution is 2.43. The van der Waals surface area contributed by atoms with E-state index in [4.69, 9.17) is 11.6 Å². The number of halogens is 1. The molecule has 3 heteroatoms. The molecule has 0 atom stereocenters. The Balaban J connectivity index is 2.13. The van der Waals surface area contributed by atoms with E-state index in [0.29, 0.717) is 11.4 Å². The number of aliphatic carboxylic acids is 1. The molecule has 0 unspecified atom stereocenters. The molecular formula is C12H13ClO2. The van der Waals surface area contributed by atoms with Gasteiger partial charge in [-0.25, -0.2) is 0 Å². The van der Waals surface area contributed by atoms with Crippen molar-refractivity contribution in [3.63, 3.8) is 0 Å². The first-order valence-electron chi connectivity index (χ1n) is 5.10. The second kappa shape index (κ2) is 3.86. The minimum Gasteiger partial charge on any atom is -0.481 e. The van der Waals surface area contributed by atoms with Gasteiger partial charge in [0, 0.05) is 5.02 Å². The fraction of sp³-hybridized carbons (Fsp3) is 0.417. The number of carbonyl (C=O) groups is 1. The lowest BCUT2D eigenvalue weighted by Gasteiger charge is -2.37. The molecular weight excluding hydrogens is 212 g/mol. The Morgan fingerprint density at radius 2 is 1.93 bits per heavy atom. The topological polar surface area (TPSA) is 37.3 Å². The Hall–Kier alpha value is -1.02. The van der Waals surface area contributed by atoms with Crippen LogP contribution in [-0.2, 0) is 11.2 Å². The largest absolute Gasteiger partial charge is 0.481 e. The maximum Gasteiger partial charge on any atom is 0.309 e. The molecule has 1 N–H and O–H groups in total. The van der Waals surface area contributed by atoms with Crippen LogP contribution < -0.4 is 0 Å². The molecule has 2 rings (SSSR count). The first-order valence-corrected chi connectivity index (χ1v) is 5.48. The number of carboxylic acids is 1. The van der Waals surface area contributed by atoms with Crippen LogP contribution in [0, 0.1) is 5.41 Å². The number of hydrogen-bond donors (Lipinski definition) is 1. The van der Waals surface area contributed by atoms with Crippen LogP contribution in [0.25, 0.3) is 0 Å². The summed E-state index contributed by atoms with van der Waals surface area (Å²) in [4.78, 5) is 11.1. The number of rotatable bonds is 3. The molecule has 0 aromatic heterocycles. The summed E-state index contributed by atoms with van der Waals surface area (Å²) < 4.78 is 0. The van der Waals surface area contributed by atoms with Crippen molar-refractivity contribution in [3.8, 4) is 0 Å². The van der Waals surface area contributed by atoms with Crippen molar-refractivity contribution in [3.05, 3.63) is 34.9 Å².